The van der Waals surface area contributed by atoms with Crippen LogP contribution in [-0.2, 0) is 12.4 Å². The van der Waals surface area contributed by atoms with Crippen molar-refractivity contribution in [2.24, 2.45) is 0 Å². The van der Waals surface area contributed by atoms with Crippen LogP contribution in [0.15, 0.2) is 28.8 Å². The minimum absolute atomic E-state index is 0.0688. The van der Waals surface area contributed by atoms with Crippen molar-refractivity contribution in [1.82, 2.24) is 5.16 Å². The average molecular weight is 325 g/mol. The van der Waals surface area contributed by atoms with Crippen molar-refractivity contribution in [1.29, 1.82) is 0 Å². The first kappa shape index (κ1) is 18.1. The van der Waals surface area contributed by atoms with Crippen molar-refractivity contribution in [3.05, 3.63) is 41.2 Å². The number of nitrogens with zero attached hydrogens (tertiary/aromatic N) is 1. The summed E-state index contributed by atoms with van der Waals surface area (Å²) in [6.07, 6.45) is -9.78. The van der Waals surface area contributed by atoms with Gasteiger partial charge in [-0.2, -0.15) is 26.3 Å². The number of alkyl halides is 6. The Morgan fingerprint density at radius 3 is 1.91 bits per heavy atom. The van der Waals surface area contributed by atoms with E-state index < -0.39 is 29.0 Å². The fraction of sp³-hybridized carbons (Fsp3) is 0.357. The average Bonchev–Trinajstić information content (AvgIpc) is 2.85. The standard InChI is InChI=1S/C12H7F6NO.C2H6/c1-6-4-10(19-20-6)8-3-2-7(11(13,14)15)5-9(8)12(16,17)18;1-2/h2-5H,1H3;1-2H3. The third-order valence-electron chi connectivity index (χ3n) is 2.56. The van der Waals surface area contributed by atoms with Crippen molar-refractivity contribution in [3.63, 3.8) is 0 Å². The maximum absolute atomic E-state index is 12.9. The lowest BCUT2D eigenvalue weighted by Gasteiger charge is -2.14. The van der Waals surface area contributed by atoms with E-state index in [1.165, 1.54) is 13.0 Å². The van der Waals surface area contributed by atoms with Gasteiger partial charge in [-0.1, -0.05) is 25.1 Å². The van der Waals surface area contributed by atoms with E-state index in [0.29, 0.717) is 6.07 Å². The minimum atomic E-state index is -4.93. The Morgan fingerprint density at radius 1 is 0.909 bits per heavy atom. The van der Waals surface area contributed by atoms with Gasteiger partial charge in [0.15, 0.2) is 0 Å². The van der Waals surface area contributed by atoms with Crippen molar-refractivity contribution in [2.45, 2.75) is 33.1 Å². The molecule has 0 aliphatic heterocycles. The highest BCUT2D eigenvalue weighted by molar-refractivity contribution is 5.65. The number of aromatic nitrogens is 1. The summed E-state index contributed by atoms with van der Waals surface area (Å²) in [6.45, 7) is 5.47. The number of halogens is 6. The molecule has 0 N–H and O–H groups in total. The Bertz CT molecular complexity index is 627. The second-order valence-corrected chi connectivity index (χ2v) is 4.08. The Kier molecular flexibility index (Phi) is 5.26. The highest BCUT2D eigenvalue weighted by atomic mass is 19.4. The lowest BCUT2D eigenvalue weighted by molar-refractivity contribution is -0.142. The highest BCUT2D eigenvalue weighted by Gasteiger charge is 2.38. The molecule has 0 spiro atoms. The lowest BCUT2D eigenvalue weighted by Crippen LogP contribution is -2.12. The van der Waals surface area contributed by atoms with Crippen molar-refractivity contribution in [3.8, 4) is 11.3 Å². The molecule has 1 aromatic heterocycles. The van der Waals surface area contributed by atoms with E-state index in [2.05, 4.69) is 9.68 Å². The lowest BCUT2D eigenvalue weighted by atomic mass is 10.0. The number of aryl methyl sites for hydroxylation is 1. The Hall–Kier alpha value is -1.99. The van der Waals surface area contributed by atoms with Gasteiger partial charge in [0.05, 0.1) is 11.1 Å². The zero-order valence-electron chi connectivity index (χ0n) is 11.9. The van der Waals surface area contributed by atoms with E-state index >= 15 is 0 Å². The van der Waals surface area contributed by atoms with Crippen LogP contribution in [0.4, 0.5) is 26.3 Å². The zero-order chi connectivity index (χ0) is 17.1. The first-order valence-electron chi connectivity index (χ1n) is 6.31. The van der Waals surface area contributed by atoms with Crippen LogP contribution in [0.3, 0.4) is 0 Å². The molecule has 0 aliphatic carbocycles. The molecule has 2 rings (SSSR count). The molecular weight excluding hydrogens is 312 g/mol. The minimum Gasteiger partial charge on any atom is -0.361 e. The second kappa shape index (κ2) is 6.41. The van der Waals surface area contributed by atoms with Crippen LogP contribution in [0.2, 0.25) is 0 Å². The first-order chi connectivity index (χ1) is 10.1. The number of benzene rings is 1. The van der Waals surface area contributed by atoms with Crippen LogP contribution in [-0.4, -0.2) is 5.16 Å². The first-order valence-corrected chi connectivity index (χ1v) is 6.31. The zero-order valence-corrected chi connectivity index (χ0v) is 11.9. The van der Waals surface area contributed by atoms with Crippen molar-refractivity contribution >= 4 is 0 Å². The predicted octanol–water partition coefficient (Wildman–Crippen LogP) is 5.71. The molecule has 8 heteroatoms. The van der Waals surface area contributed by atoms with Gasteiger partial charge in [-0.25, -0.2) is 0 Å². The van der Waals surface area contributed by atoms with E-state index in [1.807, 2.05) is 13.8 Å². The molecule has 122 valence electrons. The van der Waals surface area contributed by atoms with Crippen LogP contribution >= 0.6 is 0 Å². The quantitative estimate of drug-likeness (QED) is 0.627. The van der Waals surface area contributed by atoms with Crippen molar-refractivity contribution in [2.75, 3.05) is 0 Å². The number of hydrogen-bond donors (Lipinski definition) is 0. The number of hydrogen-bond acceptors (Lipinski definition) is 2. The summed E-state index contributed by atoms with van der Waals surface area (Å²) in [5.74, 6) is 0.257. The van der Waals surface area contributed by atoms with E-state index in [1.54, 1.807) is 0 Å². The molecule has 0 unspecified atom stereocenters. The third kappa shape index (κ3) is 4.02. The summed E-state index contributed by atoms with van der Waals surface area (Å²) in [5.41, 5.74) is -3.39. The summed E-state index contributed by atoms with van der Waals surface area (Å²) in [7, 11) is 0. The Morgan fingerprint density at radius 2 is 1.50 bits per heavy atom. The van der Waals surface area contributed by atoms with E-state index in [4.69, 9.17) is 0 Å². The Balaban J connectivity index is 0.00000116. The SMILES string of the molecule is CC.Cc1cc(-c2ccc(C(F)(F)F)cc2C(F)(F)F)no1. The second-order valence-electron chi connectivity index (χ2n) is 4.08. The molecule has 0 saturated carbocycles. The van der Waals surface area contributed by atoms with E-state index in [9.17, 15) is 26.3 Å². The molecule has 2 nitrogen and oxygen atoms in total. The molecule has 1 aromatic carbocycles. The largest absolute Gasteiger partial charge is 0.417 e. The monoisotopic (exact) mass is 325 g/mol. The van der Waals surface area contributed by atoms with Gasteiger partial charge in [0.1, 0.15) is 11.5 Å². The van der Waals surface area contributed by atoms with Crippen LogP contribution in [0.25, 0.3) is 11.3 Å². The van der Waals surface area contributed by atoms with Gasteiger partial charge in [0.2, 0.25) is 0 Å². The summed E-state index contributed by atoms with van der Waals surface area (Å²) in [6, 6.07) is 2.61. The summed E-state index contributed by atoms with van der Waals surface area (Å²) in [5, 5.41) is 3.40. The predicted molar refractivity (Wildman–Crippen MR) is 68.0 cm³/mol. The van der Waals surface area contributed by atoms with Crippen LogP contribution in [0.5, 0.6) is 0 Å². The fourth-order valence-corrected chi connectivity index (χ4v) is 1.67. The Labute approximate surface area is 122 Å². The van der Waals surface area contributed by atoms with Gasteiger partial charge in [-0.05, 0) is 19.1 Å². The van der Waals surface area contributed by atoms with E-state index in [0.717, 1.165) is 6.07 Å². The number of rotatable bonds is 1. The van der Waals surface area contributed by atoms with Gasteiger partial charge < -0.3 is 4.52 Å². The van der Waals surface area contributed by atoms with Gasteiger partial charge in [-0.15, -0.1) is 0 Å². The summed E-state index contributed by atoms with van der Waals surface area (Å²) in [4.78, 5) is 0. The van der Waals surface area contributed by atoms with Gasteiger partial charge in [-0.3, -0.25) is 0 Å². The molecule has 0 radical (unpaired) electrons. The van der Waals surface area contributed by atoms with Crippen LogP contribution in [0.1, 0.15) is 30.7 Å². The molecular formula is C14H13F6NO. The maximum atomic E-state index is 12.9. The van der Waals surface area contributed by atoms with Gasteiger partial charge >= 0.3 is 12.4 Å². The summed E-state index contributed by atoms with van der Waals surface area (Å²) < 4.78 is 80.8. The molecule has 1 heterocycles. The molecule has 0 amide bonds. The molecule has 0 saturated heterocycles. The van der Waals surface area contributed by atoms with E-state index in [-0.39, 0.29) is 17.5 Å². The highest BCUT2D eigenvalue weighted by Crippen LogP contribution is 2.40. The summed E-state index contributed by atoms with van der Waals surface area (Å²) >= 11 is 0. The molecule has 0 atom stereocenters. The van der Waals surface area contributed by atoms with Gasteiger partial charge in [0, 0.05) is 11.6 Å². The van der Waals surface area contributed by atoms with Gasteiger partial charge in [0.25, 0.3) is 0 Å². The van der Waals surface area contributed by atoms with Crippen LogP contribution < -0.4 is 0 Å². The normalized spacial score (nSPS) is 11.9. The molecule has 0 aliphatic rings. The van der Waals surface area contributed by atoms with Crippen molar-refractivity contribution < 1.29 is 30.9 Å². The molecule has 22 heavy (non-hydrogen) atoms. The molecule has 2 aromatic rings. The topological polar surface area (TPSA) is 26.0 Å². The fourth-order valence-electron chi connectivity index (χ4n) is 1.67. The molecule has 0 bridgehead atoms. The maximum Gasteiger partial charge on any atom is 0.417 e. The van der Waals surface area contributed by atoms with Crippen LogP contribution in [0, 0.1) is 6.92 Å². The third-order valence-corrected chi connectivity index (χ3v) is 2.56. The molecule has 0 fully saturated rings. The smallest absolute Gasteiger partial charge is 0.361 e.